The Balaban J connectivity index is 1.85. The van der Waals surface area contributed by atoms with E-state index in [2.05, 4.69) is 34.6 Å². The first-order valence-corrected chi connectivity index (χ1v) is 6.77. The third-order valence-electron chi connectivity index (χ3n) is 3.34. The number of hydrogen-bond donors (Lipinski definition) is 1. The molecule has 0 aliphatic carbocycles. The van der Waals surface area contributed by atoms with Crippen LogP contribution in [0.5, 0.6) is 0 Å². The summed E-state index contributed by atoms with van der Waals surface area (Å²) in [5.41, 5.74) is 3.59. The second-order valence-corrected chi connectivity index (χ2v) is 5.48. The molecular formula is C14H11N3S. The van der Waals surface area contributed by atoms with Crippen LogP contribution in [-0.4, -0.2) is 16.5 Å². The zero-order valence-electron chi connectivity index (χ0n) is 9.63. The highest BCUT2D eigenvalue weighted by atomic mass is 32.1. The van der Waals surface area contributed by atoms with E-state index in [0.29, 0.717) is 5.92 Å². The molecule has 0 fully saturated rings. The zero-order valence-corrected chi connectivity index (χ0v) is 10.4. The van der Waals surface area contributed by atoms with Crippen LogP contribution in [0.1, 0.15) is 16.5 Å². The van der Waals surface area contributed by atoms with Crippen molar-refractivity contribution in [2.75, 3.05) is 11.9 Å². The summed E-state index contributed by atoms with van der Waals surface area (Å²) in [6.07, 6.45) is 3.66. The van der Waals surface area contributed by atoms with Crippen LogP contribution in [0, 0.1) is 0 Å². The van der Waals surface area contributed by atoms with Crippen LogP contribution in [0.2, 0.25) is 0 Å². The Hall–Kier alpha value is -1.94. The number of anilines is 1. The smallest absolute Gasteiger partial charge is 0.103 e. The van der Waals surface area contributed by atoms with E-state index >= 15 is 0 Å². The van der Waals surface area contributed by atoms with E-state index in [-0.39, 0.29) is 0 Å². The molecule has 2 aromatic heterocycles. The average molecular weight is 253 g/mol. The molecule has 0 spiro atoms. The summed E-state index contributed by atoms with van der Waals surface area (Å²) in [4.78, 5) is 8.84. The summed E-state index contributed by atoms with van der Waals surface area (Å²) < 4.78 is 1.21. The summed E-state index contributed by atoms with van der Waals surface area (Å²) in [5, 5.41) is 4.62. The number of benzene rings is 1. The lowest BCUT2D eigenvalue weighted by Gasteiger charge is -2.05. The van der Waals surface area contributed by atoms with E-state index in [9.17, 15) is 0 Å². The van der Waals surface area contributed by atoms with Gasteiger partial charge in [0.2, 0.25) is 0 Å². The first kappa shape index (κ1) is 10.0. The molecule has 1 N–H and O–H groups in total. The van der Waals surface area contributed by atoms with Crippen molar-refractivity contribution in [2.24, 2.45) is 0 Å². The first-order chi connectivity index (χ1) is 8.92. The maximum atomic E-state index is 4.71. The predicted octanol–water partition coefficient (Wildman–Crippen LogP) is 3.25. The topological polar surface area (TPSA) is 37.8 Å². The van der Waals surface area contributed by atoms with Gasteiger partial charge in [0.15, 0.2) is 0 Å². The summed E-state index contributed by atoms with van der Waals surface area (Å²) in [6, 6.07) is 10.5. The van der Waals surface area contributed by atoms with E-state index in [1.807, 2.05) is 18.5 Å². The number of pyridine rings is 1. The second kappa shape index (κ2) is 3.78. The van der Waals surface area contributed by atoms with Crippen LogP contribution < -0.4 is 5.32 Å². The van der Waals surface area contributed by atoms with E-state index in [1.54, 1.807) is 11.3 Å². The zero-order chi connectivity index (χ0) is 11.9. The fourth-order valence-electron chi connectivity index (χ4n) is 2.45. The minimum absolute atomic E-state index is 0.374. The molecule has 3 heterocycles. The molecule has 4 rings (SSSR count). The van der Waals surface area contributed by atoms with Gasteiger partial charge in [0, 0.05) is 18.4 Å². The van der Waals surface area contributed by atoms with Crippen molar-refractivity contribution in [3.63, 3.8) is 0 Å². The van der Waals surface area contributed by atoms with Crippen molar-refractivity contribution in [2.45, 2.75) is 5.92 Å². The molecule has 3 aromatic rings. The van der Waals surface area contributed by atoms with E-state index in [4.69, 9.17) is 4.98 Å². The lowest BCUT2D eigenvalue weighted by molar-refractivity contribution is 0.896. The minimum atomic E-state index is 0.374. The molecule has 0 radical (unpaired) electrons. The second-order valence-electron chi connectivity index (χ2n) is 4.42. The van der Waals surface area contributed by atoms with Crippen LogP contribution >= 0.6 is 11.3 Å². The fourth-order valence-corrected chi connectivity index (χ4v) is 3.50. The van der Waals surface area contributed by atoms with Gasteiger partial charge in [0.25, 0.3) is 0 Å². The molecule has 1 aliphatic heterocycles. The van der Waals surface area contributed by atoms with Gasteiger partial charge in [-0.25, -0.2) is 4.98 Å². The highest BCUT2D eigenvalue weighted by Gasteiger charge is 2.25. The van der Waals surface area contributed by atoms with E-state index in [1.165, 1.54) is 21.0 Å². The highest BCUT2D eigenvalue weighted by molar-refractivity contribution is 7.18. The molecule has 18 heavy (non-hydrogen) atoms. The molecule has 1 aliphatic rings. The molecule has 0 bridgehead atoms. The van der Waals surface area contributed by atoms with Crippen molar-refractivity contribution < 1.29 is 0 Å². The number of rotatable bonds is 1. The van der Waals surface area contributed by atoms with E-state index in [0.717, 1.165) is 12.1 Å². The molecule has 0 saturated heterocycles. The minimum Gasteiger partial charge on any atom is -0.384 e. The fraction of sp³-hybridized carbons (Fsp3) is 0.143. The predicted molar refractivity (Wildman–Crippen MR) is 74.2 cm³/mol. The van der Waals surface area contributed by atoms with Gasteiger partial charge < -0.3 is 5.32 Å². The maximum Gasteiger partial charge on any atom is 0.103 e. The number of nitrogens with one attached hydrogen (secondary N) is 1. The Bertz CT molecular complexity index is 687. The Morgan fingerprint density at radius 1 is 1.22 bits per heavy atom. The van der Waals surface area contributed by atoms with Gasteiger partial charge in [-0.05, 0) is 17.7 Å². The summed E-state index contributed by atoms with van der Waals surface area (Å²) in [5.74, 6) is 0.374. The normalized spacial score (nSPS) is 17.7. The first-order valence-electron chi connectivity index (χ1n) is 5.95. The van der Waals surface area contributed by atoms with Gasteiger partial charge in [-0.2, -0.15) is 0 Å². The number of nitrogens with zero attached hydrogens (tertiary/aromatic N) is 2. The lowest BCUT2D eigenvalue weighted by atomic mass is 10.0. The van der Waals surface area contributed by atoms with Crippen molar-refractivity contribution in [3.8, 4) is 0 Å². The van der Waals surface area contributed by atoms with Crippen LogP contribution in [0.15, 0.2) is 42.7 Å². The van der Waals surface area contributed by atoms with Crippen LogP contribution in [0.3, 0.4) is 0 Å². The Morgan fingerprint density at radius 2 is 2.17 bits per heavy atom. The Kier molecular flexibility index (Phi) is 2.11. The van der Waals surface area contributed by atoms with Gasteiger partial charge in [-0.15, -0.1) is 11.3 Å². The molecule has 1 aromatic carbocycles. The number of hydrogen-bond acceptors (Lipinski definition) is 4. The Morgan fingerprint density at radius 3 is 3.11 bits per heavy atom. The number of fused-ring (bicyclic) bond motifs is 2. The quantitative estimate of drug-likeness (QED) is 0.723. The molecule has 1 atom stereocenters. The summed E-state index contributed by atoms with van der Waals surface area (Å²) >= 11 is 1.77. The number of aromatic nitrogens is 2. The number of para-hydroxylation sites is 1. The average Bonchev–Trinajstić information content (AvgIpc) is 3.02. The summed E-state index contributed by atoms with van der Waals surface area (Å²) in [7, 11) is 0. The standard InChI is InChI=1S/C14H11N3S/c1-2-4-11-9(3-1)10(7-16-11)14-17-12-8-15-6-5-13(12)18-14/h1-6,8,10,16H,7H2. The SMILES string of the molecule is c1ccc2c(c1)NCC2c1nc2cnccc2s1. The van der Waals surface area contributed by atoms with Crippen molar-refractivity contribution >= 4 is 27.2 Å². The van der Waals surface area contributed by atoms with E-state index < -0.39 is 0 Å². The van der Waals surface area contributed by atoms with Crippen LogP contribution in [0.4, 0.5) is 5.69 Å². The molecule has 0 saturated carbocycles. The van der Waals surface area contributed by atoms with Crippen molar-refractivity contribution in [3.05, 3.63) is 53.3 Å². The maximum absolute atomic E-state index is 4.71. The van der Waals surface area contributed by atoms with Gasteiger partial charge in [-0.3, -0.25) is 4.98 Å². The third kappa shape index (κ3) is 1.42. The van der Waals surface area contributed by atoms with Gasteiger partial charge >= 0.3 is 0 Å². The number of thiazole rings is 1. The Labute approximate surface area is 109 Å². The van der Waals surface area contributed by atoms with Gasteiger partial charge in [0.1, 0.15) is 5.01 Å². The molecule has 3 nitrogen and oxygen atoms in total. The summed E-state index contributed by atoms with van der Waals surface area (Å²) in [6.45, 7) is 0.937. The van der Waals surface area contributed by atoms with Gasteiger partial charge in [-0.1, -0.05) is 18.2 Å². The lowest BCUT2D eigenvalue weighted by Crippen LogP contribution is -2.02. The van der Waals surface area contributed by atoms with Crippen LogP contribution in [0.25, 0.3) is 10.2 Å². The highest BCUT2D eigenvalue weighted by Crippen LogP contribution is 2.38. The molecular weight excluding hydrogens is 242 g/mol. The monoisotopic (exact) mass is 253 g/mol. The van der Waals surface area contributed by atoms with Crippen LogP contribution in [-0.2, 0) is 0 Å². The third-order valence-corrected chi connectivity index (χ3v) is 4.49. The molecule has 1 unspecified atom stereocenters. The molecule has 4 heteroatoms. The van der Waals surface area contributed by atoms with Crippen molar-refractivity contribution in [1.29, 1.82) is 0 Å². The molecule has 88 valence electrons. The molecule has 0 amide bonds. The van der Waals surface area contributed by atoms with Crippen molar-refractivity contribution in [1.82, 2.24) is 9.97 Å². The van der Waals surface area contributed by atoms with Gasteiger partial charge in [0.05, 0.1) is 22.3 Å². The largest absolute Gasteiger partial charge is 0.384 e.